The Hall–Kier alpha value is -2.30. The van der Waals surface area contributed by atoms with Gasteiger partial charge in [-0.15, -0.1) is 0 Å². The van der Waals surface area contributed by atoms with Crippen LogP contribution in [0, 0.1) is 0 Å². The molecule has 1 N–H and O–H groups in total. The molecule has 116 valence electrons. The fourth-order valence-corrected chi connectivity index (χ4v) is 3.26. The third-order valence-corrected chi connectivity index (χ3v) is 4.41. The average Bonchev–Trinajstić information content (AvgIpc) is 2.93. The molecule has 2 heterocycles. The summed E-state index contributed by atoms with van der Waals surface area (Å²) in [4.78, 5) is 25.9. The van der Waals surface area contributed by atoms with Gasteiger partial charge in [-0.25, -0.2) is 4.79 Å². The summed E-state index contributed by atoms with van der Waals surface area (Å²) >= 11 is 0. The van der Waals surface area contributed by atoms with Crippen molar-refractivity contribution in [2.75, 3.05) is 6.54 Å². The standard InChI is InChI=1S/C17H20N2O3/c1-2-18-11-13(12-7-3-4-8-14(12)18)16(20)19-10-6-5-9-15(19)17(21)22/h3-4,7-8,11,15H,2,5-6,9-10H2,1H3,(H,21,22)/t15-/m1/s1. The minimum absolute atomic E-state index is 0.171. The average molecular weight is 300 g/mol. The molecular formula is C17H20N2O3. The van der Waals surface area contributed by atoms with Crippen molar-refractivity contribution in [3.63, 3.8) is 0 Å². The van der Waals surface area contributed by atoms with Crippen molar-refractivity contribution < 1.29 is 14.7 Å². The van der Waals surface area contributed by atoms with Gasteiger partial charge in [-0.1, -0.05) is 18.2 Å². The number of aromatic nitrogens is 1. The fraction of sp³-hybridized carbons (Fsp3) is 0.412. The topological polar surface area (TPSA) is 62.5 Å². The number of amides is 1. The molecule has 1 aliphatic rings. The summed E-state index contributed by atoms with van der Waals surface area (Å²) in [6.45, 7) is 3.32. The predicted molar refractivity (Wildman–Crippen MR) is 83.9 cm³/mol. The molecule has 1 aromatic carbocycles. The Labute approximate surface area is 129 Å². The molecule has 0 saturated carbocycles. The third kappa shape index (κ3) is 2.36. The number of aliphatic carboxylic acids is 1. The van der Waals surface area contributed by atoms with E-state index in [4.69, 9.17) is 0 Å². The number of hydrogen-bond donors (Lipinski definition) is 1. The van der Waals surface area contributed by atoms with Gasteiger partial charge in [-0.05, 0) is 32.3 Å². The van der Waals surface area contributed by atoms with E-state index in [9.17, 15) is 14.7 Å². The Morgan fingerprint density at radius 3 is 2.77 bits per heavy atom. The highest BCUT2D eigenvalue weighted by atomic mass is 16.4. The summed E-state index contributed by atoms with van der Waals surface area (Å²) in [6.07, 6.45) is 4.10. The smallest absolute Gasteiger partial charge is 0.326 e. The van der Waals surface area contributed by atoms with Gasteiger partial charge in [0, 0.05) is 30.2 Å². The zero-order chi connectivity index (χ0) is 15.7. The van der Waals surface area contributed by atoms with Crippen molar-refractivity contribution >= 4 is 22.8 Å². The van der Waals surface area contributed by atoms with Crippen LogP contribution < -0.4 is 0 Å². The summed E-state index contributed by atoms with van der Waals surface area (Å²) in [5.74, 6) is -1.08. The third-order valence-electron chi connectivity index (χ3n) is 4.41. The number of carboxylic acid groups (broad SMARTS) is 1. The first-order chi connectivity index (χ1) is 10.6. The number of carboxylic acids is 1. The molecule has 0 bridgehead atoms. The zero-order valence-electron chi connectivity index (χ0n) is 12.7. The van der Waals surface area contributed by atoms with Gasteiger partial charge in [0.1, 0.15) is 6.04 Å². The van der Waals surface area contributed by atoms with Crippen LogP contribution in [0.25, 0.3) is 10.9 Å². The number of benzene rings is 1. The molecule has 0 aliphatic carbocycles. The highest BCUT2D eigenvalue weighted by molar-refractivity contribution is 6.08. The van der Waals surface area contributed by atoms with E-state index in [1.165, 1.54) is 4.90 Å². The van der Waals surface area contributed by atoms with Crippen molar-refractivity contribution in [1.29, 1.82) is 0 Å². The molecule has 0 unspecified atom stereocenters. The lowest BCUT2D eigenvalue weighted by molar-refractivity contribution is -0.143. The van der Waals surface area contributed by atoms with Crippen molar-refractivity contribution in [2.45, 2.75) is 38.8 Å². The number of fused-ring (bicyclic) bond motifs is 1. The zero-order valence-corrected chi connectivity index (χ0v) is 12.7. The molecule has 1 aliphatic heterocycles. The van der Waals surface area contributed by atoms with Crippen molar-refractivity contribution in [3.05, 3.63) is 36.0 Å². The highest BCUT2D eigenvalue weighted by Gasteiger charge is 2.33. The quantitative estimate of drug-likeness (QED) is 0.948. The molecule has 1 aromatic heterocycles. The molecule has 22 heavy (non-hydrogen) atoms. The lowest BCUT2D eigenvalue weighted by Crippen LogP contribution is -2.47. The van der Waals surface area contributed by atoms with E-state index in [0.29, 0.717) is 18.5 Å². The van der Waals surface area contributed by atoms with Crippen LogP contribution in [-0.4, -0.2) is 39.0 Å². The molecule has 5 heteroatoms. The molecule has 1 amide bonds. The molecule has 1 saturated heterocycles. The maximum Gasteiger partial charge on any atom is 0.326 e. The second-order valence-corrected chi connectivity index (χ2v) is 5.69. The minimum atomic E-state index is -0.910. The maximum atomic E-state index is 12.9. The molecule has 2 aromatic rings. The van der Waals surface area contributed by atoms with Gasteiger partial charge < -0.3 is 14.6 Å². The molecule has 3 rings (SSSR count). The normalized spacial score (nSPS) is 18.6. The van der Waals surface area contributed by atoms with E-state index in [-0.39, 0.29) is 5.91 Å². The lowest BCUT2D eigenvalue weighted by atomic mass is 10.0. The monoisotopic (exact) mass is 300 g/mol. The number of likely N-dealkylation sites (tertiary alicyclic amines) is 1. The number of rotatable bonds is 3. The van der Waals surface area contributed by atoms with Gasteiger partial charge >= 0.3 is 5.97 Å². The van der Waals surface area contributed by atoms with E-state index in [1.54, 1.807) is 0 Å². The Morgan fingerprint density at radius 2 is 2.05 bits per heavy atom. The van der Waals surface area contributed by atoms with Crippen molar-refractivity contribution in [1.82, 2.24) is 9.47 Å². The van der Waals surface area contributed by atoms with Gasteiger partial charge in [0.25, 0.3) is 5.91 Å². The van der Waals surface area contributed by atoms with E-state index in [2.05, 4.69) is 0 Å². The van der Waals surface area contributed by atoms with Crippen LogP contribution in [0.15, 0.2) is 30.5 Å². The molecule has 0 spiro atoms. The largest absolute Gasteiger partial charge is 0.480 e. The number of hydrogen-bond acceptors (Lipinski definition) is 2. The highest BCUT2D eigenvalue weighted by Crippen LogP contribution is 2.26. The van der Waals surface area contributed by atoms with Crippen LogP contribution in [0.4, 0.5) is 0 Å². The molecule has 1 fully saturated rings. The molecule has 0 radical (unpaired) electrons. The Bertz CT molecular complexity index is 720. The van der Waals surface area contributed by atoms with E-state index in [1.807, 2.05) is 42.0 Å². The first kappa shape index (κ1) is 14.6. The number of aryl methyl sites for hydroxylation is 1. The van der Waals surface area contributed by atoms with Gasteiger partial charge in [-0.3, -0.25) is 4.79 Å². The number of carbonyl (C=O) groups excluding carboxylic acids is 1. The first-order valence-corrected chi connectivity index (χ1v) is 7.75. The Kier molecular flexibility index (Phi) is 3.88. The molecule has 1 atom stereocenters. The van der Waals surface area contributed by atoms with Crippen LogP contribution in [0.3, 0.4) is 0 Å². The van der Waals surface area contributed by atoms with Crippen LogP contribution >= 0.6 is 0 Å². The fourth-order valence-electron chi connectivity index (χ4n) is 3.26. The summed E-state index contributed by atoms with van der Waals surface area (Å²) in [6, 6.07) is 7.06. The predicted octanol–water partition coefficient (Wildman–Crippen LogP) is 2.74. The summed E-state index contributed by atoms with van der Waals surface area (Å²) in [5.41, 5.74) is 1.61. The van der Waals surface area contributed by atoms with Crippen LogP contribution in [0.2, 0.25) is 0 Å². The first-order valence-electron chi connectivity index (χ1n) is 7.75. The van der Waals surface area contributed by atoms with Crippen molar-refractivity contribution in [2.24, 2.45) is 0 Å². The minimum Gasteiger partial charge on any atom is -0.480 e. The van der Waals surface area contributed by atoms with E-state index in [0.717, 1.165) is 30.3 Å². The van der Waals surface area contributed by atoms with Gasteiger partial charge in [0.2, 0.25) is 0 Å². The van der Waals surface area contributed by atoms with Crippen molar-refractivity contribution in [3.8, 4) is 0 Å². The number of carbonyl (C=O) groups is 2. The maximum absolute atomic E-state index is 12.9. The Balaban J connectivity index is 2.03. The summed E-state index contributed by atoms with van der Waals surface area (Å²) < 4.78 is 2.03. The van der Waals surface area contributed by atoms with E-state index < -0.39 is 12.0 Å². The number of para-hydroxylation sites is 1. The molecule has 5 nitrogen and oxygen atoms in total. The second-order valence-electron chi connectivity index (χ2n) is 5.69. The van der Waals surface area contributed by atoms with Crippen LogP contribution in [0.5, 0.6) is 0 Å². The molecular weight excluding hydrogens is 280 g/mol. The van der Waals surface area contributed by atoms with Crippen LogP contribution in [0.1, 0.15) is 36.5 Å². The van der Waals surface area contributed by atoms with Gasteiger partial charge in [-0.2, -0.15) is 0 Å². The summed E-state index contributed by atoms with van der Waals surface area (Å²) in [7, 11) is 0. The van der Waals surface area contributed by atoms with Gasteiger partial charge in [0.15, 0.2) is 0 Å². The number of piperidine rings is 1. The number of nitrogens with zero attached hydrogens (tertiary/aromatic N) is 2. The summed E-state index contributed by atoms with van der Waals surface area (Å²) in [5, 5.41) is 10.3. The second kappa shape index (κ2) is 5.83. The van der Waals surface area contributed by atoms with Crippen LogP contribution in [-0.2, 0) is 11.3 Å². The lowest BCUT2D eigenvalue weighted by Gasteiger charge is -2.32. The van der Waals surface area contributed by atoms with E-state index >= 15 is 0 Å². The van der Waals surface area contributed by atoms with Gasteiger partial charge in [0.05, 0.1) is 5.56 Å². The SMILES string of the molecule is CCn1cc(C(=O)N2CCCC[C@@H]2C(=O)O)c2ccccc21. The Morgan fingerprint density at radius 1 is 1.27 bits per heavy atom.